The zero-order valence-electron chi connectivity index (χ0n) is 13.2. The maximum absolute atomic E-state index is 12.0. The average Bonchev–Trinajstić information content (AvgIpc) is 2.97. The molecule has 0 radical (unpaired) electrons. The largest absolute Gasteiger partial charge is 0.491 e. The smallest absolute Gasteiger partial charge is 0.224 e. The van der Waals surface area contributed by atoms with E-state index in [4.69, 9.17) is 4.74 Å². The number of H-pyrrole nitrogens is 1. The number of aliphatic imine (C=N–C) groups is 1. The van der Waals surface area contributed by atoms with Gasteiger partial charge in [-0.3, -0.25) is 20.3 Å². The van der Waals surface area contributed by atoms with Gasteiger partial charge in [0.15, 0.2) is 0 Å². The molecule has 0 spiro atoms. The highest BCUT2D eigenvalue weighted by Crippen LogP contribution is 2.24. The second kappa shape index (κ2) is 5.95. The van der Waals surface area contributed by atoms with E-state index < -0.39 is 6.17 Å². The summed E-state index contributed by atoms with van der Waals surface area (Å²) in [5.41, 5.74) is 5.11. The molecule has 0 saturated heterocycles. The number of nitrogens with zero attached hydrogens (tertiary/aromatic N) is 3. The van der Waals surface area contributed by atoms with Gasteiger partial charge in [0.1, 0.15) is 23.3 Å². The number of aromatic amines is 1. The summed E-state index contributed by atoms with van der Waals surface area (Å²) < 4.78 is 5.95. The molecule has 2 aliphatic heterocycles. The van der Waals surface area contributed by atoms with Crippen molar-refractivity contribution in [1.82, 2.24) is 20.9 Å². The Morgan fingerprint density at radius 3 is 3.17 bits per heavy atom. The van der Waals surface area contributed by atoms with Gasteiger partial charge in [-0.05, 0) is 25.1 Å². The number of hydrazone groups is 1. The number of carbonyl (C=O) groups is 1. The van der Waals surface area contributed by atoms with Gasteiger partial charge < -0.3 is 10.1 Å². The lowest BCUT2D eigenvalue weighted by Crippen LogP contribution is -2.36. The SMILES string of the molecule is C[C@H]1CCNC(=O)CC2N=C(C=NN2)c2n[nH]c3ccc(cc23)O1. The third-order valence-corrected chi connectivity index (χ3v) is 4.07. The first-order chi connectivity index (χ1) is 11.7. The highest BCUT2D eigenvalue weighted by molar-refractivity contribution is 6.40. The monoisotopic (exact) mass is 326 g/mol. The van der Waals surface area contributed by atoms with E-state index in [1.165, 1.54) is 0 Å². The first kappa shape index (κ1) is 14.7. The van der Waals surface area contributed by atoms with Crippen LogP contribution in [0, 0.1) is 0 Å². The molecule has 8 nitrogen and oxygen atoms in total. The van der Waals surface area contributed by atoms with E-state index in [1.54, 1.807) is 6.21 Å². The van der Waals surface area contributed by atoms with Gasteiger partial charge in [-0.2, -0.15) is 10.2 Å². The summed E-state index contributed by atoms with van der Waals surface area (Å²) in [6, 6.07) is 5.81. The predicted octanol–water partition coefficient (Wildman–Crippen LogP) is 0.944. The molecule has 2 aromatic rings. The van der Waals surface area contributed by atoms with Gasteiger partial charge in [-0.15, -0.1) is 0 Å². The summed E-state index contributed by atoms with van der Waals surface area (Å²) in [4.78, 5) is 16.6. The van der Waals surface area contributed by atoms with Crippen LogP contribution in [0.5, 0.6) is 5.75 Å². The van der Waals surface area contributed by atoms with E-state index >= 15 is 0 Å². The minimum Gasteiger partial charge on any atom is -0.491 e. The van der Waals surface area contributed by atoms with E-state index in [2.05, 4.69) is 31.0 Å². The number of nitrogens with one attached hydrogen (secondary N) is 3. The van der Waals surface area contributed by atoms with Crippen molar-refractivity contribution in [1.29, 1.82) is 0 Å². The Morgan fingerprint density at radius 2 is 2.25 bits per heavy atom. The van der Waals surface area contributed by atoms with Gasteiger partial charge in [-0.1, -0.05) is 0 Å². The van der Waals surface area contributed by atoms with Crippen molar-refractivity contribution in [2.45, 2.75) is 32.0 Å². The average molecular weight is 326 g/mol. The number of hydrogen-bond acceptors (Lipinski definition) is 6. The van der Waals surface area contributed by atoms with E-state index in [-0.39, 0.29) is 18.4 Å². The van der Waals surface area contributed by atoms with Crippen molar-refractivity contribution in [2.75, 3.05) is 6.54 Å². The van der Waals surface area contributed by atoms with Crippen molar-refractivity contribution in [2.24, 2.45) is 10.1 Å². The fraction of sp³-hybridized carbons (Fsp3) is 0.375. The molecule has 0 aliphatic carbocycles. The minimum absolute atomic E-state index is 0.00225. The molecule has 2 aliphatic rings. The second-order valence-corrected chi connectivity index (χ2v) is 5.97. The zero-order valence-corrected chi connectivity index (χ0v) is 13.2. The predicted molar refractivity (Wildman–Crippen MR) is 90.4 cm³/mol. The van der Waals surface area contributed by atoms with Crippen molar-refractivity contribution in [3.05, 3.63) is 23.9 Å². The number of carbonyl (C=O) groups excluding carboxylic acids is 1. The number of ether oxygens (including phenoxy) is 1. The number of fused-ring (bicyclic) bond motifs is 3. The van der Waals surface area contributed by atoms with E-state index in [9.17, 15) is 4.79 Å². The Hall–Kier alpha value is -2.90. The number of rotatable bonds is 0. The van der Waals surface area contributed by atoms with E-state index in [0.717, 1.165) is 23.1 Å². The standard InChI is InChI=1S/C16H18N6O2/c1-9-4-5-17-15(23)7-14-19-13(8-18-21-14)16-11-6-10(24-9)2-3-12(11)20-22-16/h2-3,6,8-9,14,21H,4-5,7H2,1H3,(H,17,23)(H,20,22)/t9-,14?/m0/s1. The van der Waals surface area contributed by atoms with Gasteiger partial charge in [0.25, 0.3) is 0 Å². The second-order valence-electron chi connectivity index (χ2n) is 5.97. The van der Waals surface area contributed by atoms with Gasteiger partial charge in [0.2, 0.25) is 5.91 Å². The number of amides is 1. The van der Waals surface area contributed by atoms with Crippen LogP contribution in [0.25, 0.3) is 10.9 Å². The van der Waals surface area contributed by atoms with Crippen LogP contribution in [0.2, 0.25) is 0 Å². The molecule has 8 heteroatoms. The summed E-state index contributed by atoms with van der Waals surface area (Å²) in [7, 11) is 0. The first-order valence-corrected chi connectivity index (χ1v) is 7.97. The summed E-state index contributed by atoms with van der Waals surface area (Å²) in [5, 5.41) is 15.3. The summed E-state index contributed by atoms with van der Waals surface area (Å²) in [6.07, 6.45) is 2.18. The molecule has 4 bridgehead atoms. The maximum Gasteiger partial charge on any atom is 0.224 e. The lowest BCUT2D eigenvalue weighted by molar-refractivity contribution is -0.121. The Balaban J connectivity index is 1.79. The van der Waals surface area contributed by atoms with Crippen molar-refractivity contribution < 1.29 is 9.53 Å². The van der Waals surface area contributed by atoms with E-state index in [0.29, 0.717) is 18.0 Å². The van der Waals surface area contributed by atoms with Crippen LogP contribution >= 0.6 is 0 Å². The summed E-state index contributed by atoms with van der Waals surface area (Å²) >= 11 is 0. The van der Waals surface area contributed by atoms with Gasteiger partial charge in [-0.25, -0.2) is 0 Å². The molecule has 124 valence electrons. The highest BCUT2D eigenvalue weighted by Gasteiger charge is 2.20. The van der Waals surface area contributed by atoms with Crippen molar-refractivity contribution in [3.63, 3.8) is 0 Å². The quantitative estimate of drug-likeness (QED) is 0.670. The molecule has 3 heterocycles. The fourth-order valence-electron chi connectivity index (χ4n) is 2.84. The number of hydrogen-bond donors (Lipinski definition) is 3. The van der Waals surface area contributed by atoms with Crippen molar-refractivity contribution >= 4 is 28.7 Å². The number of aromatic nitrogens is 2. The van der Waals surface area contributed by atoms with Gasteiger partial charge in [0.05, 0.1) is 24.3 Å². The van der Waals surface area contributed by atoms with Crippen LogP contribution in [-0.4, -0.2) is 46.8 Å². The van der Waals surface area contributed by atoms with Crippen LogP contribution in [0.1, 0.15) is 25.5 Å². The molecule has 0 saturated carbocycles. The molecule has 24 heavy (non-hydrogen) atoms. The zero-order chi connectivity index (χ0) is 16.5. The van der Waals surface area contributed by atoms with Crippen molar-refractivity contribution in [3.8, 4) is 5.75 Å². The Labute approximate surface area is 138 Å². The Bertz CT molecular complexity index is 840. The van der Waals surface area contributed by atoms with Crippen LogP contribution in [-0.2, 0) is 4.79 Å². The van der Waals surface area contributed by atoms with E-state index in [1.807, 2.05) is 25.1 Å². The maximum atomic E-state index is 12.0. The summed E-state index contributed by atoms with van der Waals surface area (Å²) in [6.45, 7) is 2.55. The normalized spacial score (nSPS) is 23.9. The number of benzene rings is 1. The third-order valence-electron chi connectivity index (χ3n) is 4.07. The molecule has 1 aromatic heterocycles. The topological polar surface area (TPSA) is 104 Å². The van der Waals surface area contributed by atoms with Gasteiger partial charge in [0, 0.05) is 18.4 Å². The lowest BCUT2D eigenvalue weighted by Gasteiger charge is -2.19. The Kier molecular flexibility index (Phi) is 3.64. The molecular weight excluding hydrogens is 308 g/mol. The molecule has 4 rings (SSSR count). The molecular formula is C16H18N6O2. The first-order valence-electron chi connectivity index (χ1n) is 7.97. The summed E-state index contributed by atoms with van der Waals surface area (Å²) in [5.74, 6) is 0.701. The molecule has 0 fully saturated rings. The third kappa shape index (κ3) is 2.82. The van der Waals surface area contributed by atoms with Gasteiger partial charge >= 0.3 is 0 Å². The molecule has 3 N–H and O–H groups in total. The highest BCUT2D eigenvalue weighted by atomic mass is 16.5. The minimum atomic E-state index is -0.392. The molecule has 1 unspecified atom stereocenters. The van der Waals surface area contributed by atoms with Crippen LogP contribution < -0.4 is 15.5 Å². The fourth-order valence-corrected chi connectivity index (χ4v) is 2.84. The van der Waals surface area contributed by atoms with Crippen LogP contribution in [0.3, 0.4) is 0 Å². The van der Waals surface area contributed by atoms with Crippen LogP contribution in [0.15, 0.2) is 28.3 Å². The Morgan fingerprint density at radius 1 is 1.33 bits per heavy atom. The molecule has 1 aromatic carbocycles. The molecule has 1 amide bonds. The molecule has 2 atom stereocenters. The van der Waals surface area contributed by atoms with Crippen LogP contribution in [0.4, 0.5) is 0 Å². The lowest BCUT2D eigenvalue weighted by atomic mass is 10.1.